The zero-order valence-corrected chi connectivity index (χ0v) is 15.7. The lowest BCUT2D eigenvalue weighted by Gasteiger charge is -2.13. The zero-order valence-electron chi connectivity index (χ0n) is 14.9. The summed E-state index contributed by atoms with van der Waals surface area (Å²) < 4.78 is 5.68. The monoisotopic (exact) mass is 355 g/mol. The molecule has 4 heteroatoms. The molecule has 1 N–H and O–H groups in total. The van der Waals surface area contributed by atoms with E-state index < -0.39 is 0 Å². The maximum absolute atomic E-state index is 12.7. The third-order valence-corrected chi connectivity index (χ3v) is 5.72. The Labute approximate surface area is 154 Å². The second kappa shape index (κ2) is 8.54. The predicted molar refractivity (Wildman–Crippen MR) is 103 cm³/mol. The van der Waals surface area contributed by atoms with Crippen LogP contribution in [0.5, 0.6) is 0 Å². The smallest absolute Gasteiger partial charge is 0.252 e. The number of nitrogens with one attached hydrogen (secondary N) is 1. The Bertz CT molecular complexity index is 738. The molecule has 3 rings (SSSR count). The van der Waals surface area contributed by atoms with E-state index in [1.165, 1.54) is 11.1 Å². The first-order valence-electron chi connectivity index (χ1n) is 8.81. The molecule has 1 unspecified atom stereocenters. The highest BCUT2D eigenvalue weighted by atomic mass is 32.2. The molecule has 1 saturated heterocycles. The number of hydrogen-bond acceptors (Lipinski definition) is 3. The van der Waals surface area contributed by atoms with Crippen molar-refractivity contribution >= 4 is 17.7 Å². The Morgan fingerprint density at radius 1 is 1.24 bits per heavy atom. The van der Waals surface area contributed by atoms with E-state index in [2.05, 4.69) is 37.4 Å². The summed E-state index contributed by atoms with van der Waals surface area (Å²) in [6, 6.07) is 14.1. The first-order valence-corrected chi connectivity index (χ1v) is 9.80. The molecular formula is C21H25NO2S. The van der Waals surface area contributed by atoms with Crippen LogP contribution >= 0.6 is 11.8 Å². The average molecular weight is 356 g/mol. The summed E-state index contributed by atoms with van der Waals surface area (Å²) in [6.07, 6.45) is 2.58. The second-order valence-electron chi connectivity index (χ2n) is 6.55. The molecule has 0 spiro atoms. The number of hydrogen-bond donors (Lipinski definition) is 1. The molecule has 1 amide bonds. The number of ether oxygens (including phenoxy) is 1. The number of aryl methyl sites for hydroxylation is 2. The number of carbonyl (C=O) groups is 1. The summed E-state index contributed by atoms with van der Waals surface area (Å²) >= 11 is 1.71. The van der Waals surface area contributed by atoms with E-state index in [0.717, 1.165) is 41.2 Å². The molecule has 0 bridgehead atoms. The molecule has 0 saturated carbocycles. The first-order chi connectivity index (χ1) is 12.1. The summed E-state index contributed by atoms with van der Waals surface area (Å²) in [5, 5.41) is 3.06. The van der Waals surface area contributed by atoms with Gasteiger partial charge in [0.15, 0.2) is 0 Å². The van der Waals surface area contributed by atoms with Crippen LogP contribution in [-0.4, -0.2) is 24.4 Å². The largest absolute Gasteiger partial charge is 0.377 e. The predicted octanol–water partition coefficient (Wildman–Crippen LogP) is 4.50. The van der Waals surface area contributed by atoms with Crippen LogP contribution in [0.2, 0.25) is 0 Å². The van der Waals surface area contributed by atoms with Gasteiger partial charge in [-0.2, -0.15) is 0 Å². The number of carbonyl (C=O) groups excluding carboxylic acids is 1. The minimum atomic E-state index is -0.0181. The second-order valence-corrected chi connectivity index (χ2v) is 7.62. The molecule has 2 aromatic rings. The van der Waals surface area contributed by atoms with Crippen molar-refractivity contribution in [3.05, 3.63) is 64.7 Å². The van der Waals surface area contributed by atoms with Gasteiger partial charge in [0.05, 0.1) is 11.7 Å². The van der Waals surface area contributed by atoms with Crippen molar-refractivity contribution in [3.8, 4) is 0 Å². The molecule has 1 aliphatic rings. The number of benzene rings is 2. The van der Waals surface area contributed by atoms with E-state index in [1.807, 2.05) is 24.3 Å². The van der Waals surface area contributed by atoms with E-state index in [-0.39, 0.29) is 5.91 Å². The van der Waals surface area contributed by atoms with Crippen LogP contribution < -0.4 is 5.32 Å². The number of thioether (sulfide) groups is 1. The summed E-state index contributed by atoms with van der Waals surface area (Å²) in [5.74, 6) is 0.886. The highest BCUT2D eigenvalue weighted by Crippen LogP contribution is 2.26. The third kappa shape index (κ3) is 4.86. The van der Waals surface area contributed by atoms with Gasteiger partial charge >= 0.3 is 0 Å². The van der Waals surface area contributed by atoms with Gasteiger partial charge in [-0.05, 0) is 49.9 Å². The maximum Gasteiger partial charge on any atom is 0.252 e. The van der Waals surface area contributed by atoms with Gasteiger partial charge in [-0.15, -0.1) is 11.8 Å². The van der Waals surface area contributed by atoms with Gasteiger partial charge < -0.3 is 10.1 Å². The van der Waals surface area contributed by atoms with Gasteiger partial charge in [-0.25, -0.2) is 0 Å². The fourth-order valence-electron chi connectivity index (χ4n) is 3.05. The molecule has 0 aliphatic carbocycles. The summed E-state index contributed by atoms with van der Waals surface area (Å²) in [4.78, 5) is 13.7. The van der Waals surface area contributed by atoms with Gasteiger partial charge in [-0.3, -0.25) is 4.79 Å². The number of amides is 1. The van der Waals surface area contributed by atoms with Gasteiger partial charge in [-0.1, -0.05) is 35.9 Å². The fourth-order valence-corrected chi connectivity index (χ4v) is 4.17. The van der Waals surface area contributed by atoms with Crippen molar-refractivity contribution in [2.24, 2.45) is 0 Å². The van der Waals surface area contributed by atoms with Crippen LogP contribution in [0.1, 0.15) is 39.9 Å². The lowest BCUT2D eigenvalue weighted by molar-refractivity contribution is 0.0947. The average Bonchev–Trinajstić information content (AvgIpc) is 3.13. The Morgan fingerprint density at radius 3 is 2.84 bits per heavy atom. The van der Waals surface area contributed by atoms with Crippen molar-refractivity contribution in [1.29, 1.82) is 0 Å². The van der Waals surface area contributed by atoms with Gasteiger partial charge in [0.25, 0.3) is 5.91 Å². The molecular weight excluding hydrogens is 330 g/mol. The SMILES string of the molecule is Cc1ccc(CNC(=O)c2ccccc2SCC2CCCO2)c(C)c1. The molecule has 132 valence electrons. The Kier molecular flexibility index (Phi) is 6.16. The van der Waals surface area contributed by atoms with Crippen molar-refractivity contribution in [2.45, 2.75) is 44.2 Å². The lowest BCUT2D eigenvalue weighted by Crippen LogP contribution is -2.24. The highest BCUT2D eigenvalue weighted by molar-refractivity contribution is 7.99. The van der Waals surface area contributed by atoms with Crippen LogP contribution in [0.4, 0.5) is 0 Å². The minimum Gasteiger partial charge on any atom is -0.377 e. The lowest BCUT2D eigenvalue weighted by atomic mass is 10.1. The Morgan fingerprint density at radius 2 is 2.08 bits per heavy atom. The topological polar surface area (TPSA) is 38.3 Å². The number of rotatable bonds is 6. The highest BCUT2D eigenvalue weighted by Gasteiger charge is 2.18. The molecule has 0 radical (unpaired) electrons. The van der Waals surface area contributed by atoms with E-state index in [1.54, 1.807) is 11.8 Å². The molecule has 1 aliphatic heterocycles. The van der Waals surface area contributed by atoms with Gasteiger partial charge in [0.1, 0.15) is 0 Å². The van der Waals surface area contributed by atoms with Crippen molar-refractivity contribution < 1.29 is 9.53 Å². The van der Waals surface area contributed by atoms with E-state index >= 15 is 0 Å². The Balaban J connectivity index is 1.63. The molecule has 25 heavy (non-hydrogen) atoms. The van der Waals surface area contributed by atoms with Crippen molar-refractivity contribution in [1.82, 2.24) is 5.32 Å². The van der Waals surface area contributed by atoms with Crippen LogP contribution in [0.15, 0.2) is 47.4 Å². The van der Waals surface area contributed by atoms with Crippen molar-refractivity contribution in [3.63, 3.8) is 0 Å². The maximum atomic E-state index is 12.7. The van der Waals surface area contributed by atoms with Crippen LogP contribution in [0.25, 0.3) is 0 Å². The van der Waals surface area contributed by atoms with Crippen molar-refractivity contribution in [2.75, 3.05) is 12.4 Å². The van der Waals surface area contributed by atoms with E-state index in [4.69, 9.17) is 4.74 Å². The minimum absolute atomic E-state index is 0.0181. The normalized spacial score (nSPS) is 16.8. The molecule has 0 aromatic heterocycles. The Hall–Kier alpha value is -1.78. The quantitative estimate of drug-likeness (QED) is 0.775. The standard InChI is InChI=1S/C21H25NO2S/c1-15-9-10-17(16(2)12-15)13-22-21(23)19-7-3-4-8-20(19)25-14-18-6-5-11-24-18/h3-4,7-10,12,18H,5-6,11,13-14H2,1-2H3,(H,22,23). The van der Waals surface area contributed by atoms with Gasteiger partial charge in [0, 0.05) is 23.8 Å². The summed E-state index contributed by atoms with van der Waals surface area (Å²) in [6.45, 7) is 5.58. The molecule has 1 atom stereocenters. The summed E-state index contributed by atoms with van der Waals surface area (Å²) in [7, 11) is 0. The third-order valence-electron chi connectivity index (χ3n) is 4.52. The first kappa shape index (κ1) is 18.0. The molecule has 3 nitrogen and oxygen atoms in total. The molecule has 1 heterocycles. The molecule has 2 aromatic carbocycles. The zero-order chi connectivity index (χ0) is 17.6. The van der Waals surface area contributed by atoms with Crippen LogP contribution in [0, 0.1) is 13.8 Å². The van der Waals surface area contributed by atoms with E-state index in [0.29, 0.717) is 12.6 Å². The fraction of sp³-hybridized carbons (Fsp3) is 0.381. The van der Waals surface area contributed by atoms with Crippen LogP contribution in [0.3, 0.4) is 0 Å². The van der Waals surface area contributed by atoms with E-state index in [9.17, 15) is 4.79 Å². The molecule has 1 fully saturated rings. The summed E-state index contributed by atoms with van der Waals surface area (Å²) in [5.41, 5.74) is 4.35. The van der Waals surface area contributed by atoms with Crippen LogP contribution in [-0.2, 0) is 11.3 Å². The van der Waals surface area contributed by atoms with Gasteiger partial charge in [0.2, 0.25) is 0 Å².